The number of rotatable bonds is 4. The van der Waals surface area contributed by atoms with E-state index in [2.05, 4.69) is 43.1 Å². The van der Waals surface area contributed by atoms with E-state index in [0.717, 1.165) is 6.54 Å². The maximum Gasteiger partial charge on any atom is 0.0504 e. The lowest BCUT2D eigenvalue weighted by atomic mass is 9.69. The number of hydrogen-bond acceptors (Lipinski definition) is 2. The first-order valence-electron chi connectivity index (χ1n) is 6.04. The molecule has 1 aromatic rings. The quantitative estimate of drug-likeness (QED) is 0.841. The molecular formula is C14H21NO. The van der Waals surface area contributed by atoms with Gasteiger partial charge in [0, 0.05) is 24.7 Å². The van der Waals surface area contributed by atoms with Crippen LogP contribution < -0.4 is 4.90 Å². The zero-order valence-corrected chi connectivity index (χ0v) is 10.2. The lowest BCUT2D eigenvalue weighted by molar-refractivity contribution is 0.0524. The van der Waals surface area contributed by atoms with E-state index < -0.39 is 0 Å². The molecule has 0 saturated heterocycles. The SMILES string of the molecule is Cc1ccc(N(C)CC2(CO)CCC2)cc1. The van der Waals surface area contributed by atoms with Gasteiger partial charge in [0.1, 0.15) is 0 Å². The summed E-state index contributed by atoms with van der Waals surface area (Å²) < 4.78 is 0. The number of aliphatic hydroxyl groups is 1. The van der Waals surface area contributed by atoms with Crippen LogP contribution in [-0.4, -0.2) is 25.3 Å². The highest BCUT2D eigenvalue weighted by Crippen LogP contribution is 2.41. The van der Waals surface area contributed by atoms with E-state index in [4.69, 9.17) is 0 Å². The van der Waals surface area contributed by atoms with Gasteiger partial charge in [0.05, 0.1) is 6.61 Å². The minimum Gasteiger partial charge on any atom is -0.396 e. The Morgan fingerprint density at radius 2 is 1.88 bits per heavy atom. The highest BCUT2D eigenvalue weighted by molar-refractivity contribution is 5.47. The normalized spacial score (nSPS) is 17.9. The van der Waals surface area contributed by atoms with Crippen molar-refractivity contribution in [2.45, 2.75) is 26.2 Å². The number of nitrogens with zero attached hydrogens (tertiary/aromatic N) is 1. The number of aliphatic hydroxyl groups excluding tert-OH is 1. The molecule has 0 heterocycles. The fraction of sp³-hybridized carbons (Fsp3) is 0.571. The lowest BCUT2D eigenvalue weighted by Gasteiger charge is -2.43. The zero-order valence-electron chi connectivity index (χ0n) is 10.2. The van der Waals surface area contributed by atoms with Gasteiger partial charge in [-0.15, -0.1) is 0 Å². The number of hydrogen-bond donors (Lipinski definition) is 1. The summed E-state index contributed by atoms with van der Waals surface area (Å²) in [6, 6.07) is 8.58. The van der Waals surface area contributed by atoms with E-state index in [1.165, 1.54) is 30.5 Å². The molecule has 0 bridgehead atoms. The van der Waals surface area contributed by atoms with E-state index in [9.17, 15) is 5.11 Å². The van der Waals surface area contributed by atoms with Crippen molar-refractivity contribution >= 4 is 5.69 Å². The van der Waals surface area contributed by atoms with Crippen molar-refractivity contribution < 1.29 is 5.11 Å². The molecule has 0 radical (unpaired) electrons. The van der Waals surface area contributed by atoms with E-state index in [1.807, 2.05) is 0 Å². The van der Waals surface area contributed by atoms with Crippen molar-refractivity contribution in [1.29, 1.82) is 0 Å². The van der Waals surface area contributed by atoms with Crippen LogP contribution >= 0.6 is 0 Å². The van der Waals surface area contributed by atoms with Crippen molar-refractivity contribution in [3.63, 3.8) is 0 Å². The van der Waals surface area contributed by atoms with Gasteiger partial charge >= 0.3 is 0 Å². The molecule has 88 valence electrons. The number of aryl methyl sites for hydroxylation is 1. The Kier molecular flexibility index (Phi) is 3.20. The Bertz CT molecular complexity index is 335. The largest absolute Gasteiger partial charge is 0.396 e. The molecule has 1 aromatic carbocycles. The fourth-order valence-electron chi connectivity index (χ4n) is 2.44. The van der Waals surface area contributed by atoms with Crippen LogP contribution in [0.4, 0.5) is 5.69 Å². The van der Waals surface area contributed by atoms with Crippen LogP contribution in [0.1, 0.15) is 24.8 Å². The van der Waals surface area contributed by atoms with E-state index in [-0.39, 0.29) is 5.41 Å². The molecule has 1 aliphatic rings. The highest BCUT2D eigenvalue weighted by Gasteiger charge is 2.37. The third-order valence-corrected chi connectivity index (χ3v) is 3.80. The van der Waals surface area contributed by atoms with E-state index >= 15 is 0 Å². The summed E-state index contributed by atoms with van der Waals surface area (Å²) in [7, 11) is 2.11. The molecule has 0 atom stereocenters. The summed E-state index contributed by atoms with van der Waals surface area (Å²) in [6.45, 7) is 3.39. The number of benzene rings is 1. The standard InChI is InChI=1S/C14H21NO/c1-12-4-6-13(7-5-12)15(2)10-14(11-16)8-3-9-14/h4-7,16H,3,8-11H2,1-2H3. The molecule has 2 nitrogen and oxygen atoms in total. The van der Waals surface area contributed by atoms with Crippen LogP contribution in [-0.2, 0) is 0 Å². The molecular weight excluding hydrogens is 198 g/mol. The minimum absolute atomic E-state index is 0.166. The first kappa shape index (κ1) is 11.5. The van der Waals surface area contributed by atoms with Gasteiger partial charge in [-0.25, -0.2) is 0 Å². The second kappa shape index (κ2) is 4.46. The summed E-state index contributed by atoms with van der Waals surface area (Å²) in [5.41, 5.74) is 2.70. The monoisotopic (exact) mass is 219 g/mol. The highest BCUT2D eigenvalue weighted by atomic mass is 16.3. The summed E-state index contributed by atoms with van der Waals surface area (Å²) in [5, 5.41) is 9.45. The first-order chi connectivity index (χ1) is 7.65. The summed E-state index contributed by atoms with van der Waals surface area (Å²) in [6.07, 6.45) is 3.60. The average molecular weight is 219 g/mol. The molecule has 0 aliphatic heterocycles. The molecule has 1 aliphatic carbocycles. The molecule has 0 aromatic heterocycles. The predicted octanol–water partition coefficient (Wildman–Crippen LogP) is 2.59. The maximum absolute atomic E-state index is 9.45. The molecule has 0 unspecified atom stereocenters. The van der Waals surface area contributed by atoms with Crippen LogP contribution in [0.3, 0.4) is 0 Å². The van der Waals surface area contributed by atoms with Gasteiger partial charge in [0.2, 0.25) is 0 Å². The van der Waals surface area contributed by atoms with Crippen LogP contribution in [0, 0.1) is 12.3 Å². The van der Waals surface area contributed by atoms with Crippen LogP contribution in [0.2, 0.25) is 0 Å². The summed E-state index contributed by atoms with van der Waals surface area (Å²) in [5.74, 6) is 0. The van der Waals surface area contributed by atoms with Gasteiger partial charge in [-0.2, -0.15) is 0 Å². The fourth-order valence-corrected chi connectivity index (χ4v) is 2.44. The Labute approximate surface area is 97.9 Å². The zero-order chi connectivity index (χ0) is 11.6. The van der Waals surface area contributed by atoms with E-state index in [1.54, 1.807) is 0 Å². The van der Waals surface area contributed by atoms with Gasteiger partial charge in [-0.1, -0.05) is 24.1 Å². The summed E-state index contributed by atoms with van der Waals surface area (Å²) >= 11 is 0. The number of anilines is 1. The Hall–Kier alpha value is -1.02. The van der Waals surface area contributed by atoms with Crippen LogP contribution in [0.15, 0.2) is 24.3 Å². The van der Waals surface area contributed by atoms with Crippen molar-refractivity contribution in [3.8, 4) is 0 Å². The Morgan fingerprint density at radius 3 is 2.31 bits per heavy atom. The second-order valence-corrected chi connectivity index (χ2v) is 5.20. The predicted molar refractivity (Wildman–Crippen MR) is 67.8 cm³/mol. The van der Waals surface area contributed by atoms with E-state index in [0.29, 0.717) is 6.61 Å². The third kappa shape index (κ3) is 2.22. The average Bonchev–Trinajstić information content (AvgIpc) is 2.24. The van der Waals surface area contributed by atoms with Gasteiger partial charge in [-0.3, -0.25) is 0 Å². The molecule has 2 heteroatoms. The van der Waals surface area contributed by atoms with Crippen molar-refractivity contribution in [2.75, 3.05) is 25.1 Å². The van der Waals surface area contributed by atoms with Crippen LogP contribution in [0.5, 0.6) is 0 Å². The van der Waals surface area contributed by atoms with Gasteiger partial charge < -0.3 is 10.0 Å². The molecule has 0 amide bonds. The van der Waals surface area contributed by atoms with Crippen molar-refractivity contribution in [3.05, 3.63) is 29.8 Å². The second-order valence-electron chi connectivity index (χ2n) is 5.20. The minimum atomic E-state index is 0.166. The van der Waals surface area contributed by atoms with Crippen molar-refractivity contribution in [2.24, 2.45) is 5.41 Å². The van der Waals surface area contributed by atoms with Gasteiger partial charge in [0.15, 0.2) is 0 Å². The first-order valence-corrected chi connectivity index (χ1v) is 6.04. The lowest BCUT2D eigenvalue weighted by Crippen LogP contribution is -2.43. The third-order valence-electron chi connectivity index (χ3n) is 3.80. The maximum atomic E-state index is 9.45. The van der Waals surface area contributed by atoms with Gasteiger partial charge in [-0.05, 0) is 31.9 Å². The summed E-state index contributed by atoms with van der Waals surface area (Å²) in [4.78, 5) is 2.26. The molecule has 2 rings (SSSR count). The Balaban J connectivity index is 2.02. The van der Waals surface area contributed by atoms with Crippen molar-refractivity contribution in [1.82, 2.24) is 0 Å². The molecule has 1 saturated carbocycles. The smallest absolute Gasteiger partial charge is 0.0504 e. The molecule has 1 N–H and O–H groups in total. The molecule has 1 fully saturated rings. The van der Waals surface area contributed by atoms with Gasteiger partial charge in [0.25, 0.3) is 0 Å². The Morgan fingerprint density at radius 1 is 1.25 bits per heavy atom. The topological polar surface area (TPSA) is 23.5 Å². The van der Waals surface area contributed by atoms with Crippen LogP contribution in [0.25, 0.3) is 0 Å². The molecule has 0 spiro atoms. The molecule has 16 heavy (non-hydrogen) atoms.